The molecule has 1 aliphatic rings. The Hall–Kier alpha value is -2.88. The normalized spacial score (nSPS) is 14.1. The van der Waals surface area contributed by atoms with E-state index in [0.29, 0.717) is 11.7 Å². The number of sulfonamides is 1. The first kappa shape index (κ1) is 19.1. The van der Waals surface area contributed by atoms with Crippen LogP contribution in [0.2, 0.25) is 0 Å². The van der Waals surface area contributed by atoms with E-state index in [-0.39, 0.29) is 17.3 Å². The molecule has 4 aromatic rings. The molecule has 0 unspecified atom stereocenters. The van der Waals surface area contributed by atoms with Gasteiger partial charge in [0.15, 0.2) is 0 Å². The SMILES string of the molecule is O=S(=O)(NCc1nc(-c2cccc(-c3csc(C4CC4)n3)c2)no1)c1ccccc1. The van der Waals surface area contributed by atoms with Gasteiger partial charge in [-0.2, -0.15) is 4.98 Å². The zero-order valence-electron chi connectivity index (χ0n) is 15.9. The minimum absolute atomic E-state index is 0.0826. The number of rotatable bonds is 7. The summed E-state index contributed by atoms with van der Waals surface area (Å²) >= 11 is 1.70. The Morgan fingerprint density at radius 3 is 2.63 bits per heavy atom. The van der Waals surface area contributed by atoms with E-state index >= 15 is 0 Å². The lowest BCUT2D eigenvalue weighted by Gasteiger charge is -2.03. The molecule has 2 aromatic heterocycles. The molecule has 2 heterocycles. The molecule has 152 valence electrons. The number of aromatic nitrogens is 3. The van der Waals surface area contributed by atoms with Gasteiger partial charge in [0.1, 0.15) is 0 Å². The van der Waals surface area contributed by atoms with Crippen molar-refractivity contribution in [1.29, 1.82) is 0 Å². The molecule has 0 bridgehead atoms. The summed E-state index contributed by atoms with van der Waals surface area (Å²) in [6.45, 7) is -0.0826. The maximum Gasteiger partial charge on any atom is 0.242 e. The van der Waals surface area contributed by atoms with E-state index in [1.54, 1.807) is 29.5 Å². The number of nitrogens with zero attached hydrogens (tertiary/aromatic N) is 3. The molecule has 0 atom stereocenters. The van der Waals surface area contributed by atoms with Gasteiger partial charge in [0.25, 0.3) is 0 Å². The number of benzene rings is 2. The maximum atomic E-state index is 12.3. The third kappa shape index (κ3) is 4.04. The summed E-state index contributed by atoms with van der Waals surface area (Å²) in [6, 6.07) is 15.9. The molecule has 2 aromatic carbocycles. The second-order valence-corrected chi connectivity index (χ2v) is 9.73. The van der Waals surface area contributed by atoms with Crippen LogP contribution in [-0.2, 0) is 16.6 Å². The van der Waals surface area contributed by atoms with Crippen LogP contribution in [0.4, 0.5) is 0 Å². The van der Waals surface area contributed by atoms with E-state index < -0.39 is 10.0 Å². The standard InChI is InChI=1S/C21H18N4O3S2/c26-30(27,17-7-2-1-3-8-17)22-12-19-24-20(25-28-19)16-6-4-5-15(11-16)18-13-29-21(23-18)14-9-10-14/h1-8,11,13-14,22H,9-10,12H2. The smallest absolute Gasteiger partial charge is 0.242 e. The van der Waals surface area contributed by atoms with E-state index in [1.165, 1.54) is 30.0 Å². The Morgan fingerprint density at radius 1 is 1.03 bits per heavy atom. The van der Waals surface area contributed by atoms with Gasteiger partial charge in [-0.1, -0.05) is 41.6 Å². The number of thiazole rings is 1. The number of nitrogens with one attached hydrogen (secondary N) is 1. The molecule has 1 aliphatic carbocycles. The first-order valence-corrected chi connectivity index (χ1v) is 11.9. The zero-order valence-corrected chi connectivity index (χ0v) is 17.5. The van der Waals surface area contributed by atoms with Gasteiger partial charge < -0.3 is 4.52 Å². The molecule has 0 amide bonds. The fourth-order valence-electron chi connectivity index (χ4n) is 3.04. The van der Waals surface area contributed by atoms with Gasteiger partial charge in [-0.15, -0.1) is 11.3 Å². The summed E-state index contributed by atoms with van der Waals surface area (Å²) in [5, 5.41) is 7.27. The lowest BCUT2D eigenvalue weighted by Crippen LogP contribution is -2.23. The molecule has 0 saturated heterocycles. The molecule has 1 N–H and O–H groups in total. The van der Waals surface area contributed by atoms with Gasteiger partial charge in [0, 0.05) is 22.4 Å². The van der Waals surface area contributed by atoms with Gasteiger partial charge in [-0.3, -0.25) is 0 Å². The number of hydrogen-bond donors (Lipinski definition) is 1. The summed E-state index contributed by atoms with van der Waals surface area (Å²) < 4.78 is 32.4. The van der Waals surface area contributed by atoms with Crippen molar-refractivity contribution >= 4 is 21.4 Å². The molecule has 9 heteroatoms. The van der Waals surface area contributed by atoms with Crippen LogP contribution in [-0.4, -0.2) is 23.5 Å². The van der Waals surface area contributed by atoms with Gasteiger partial charge in [0.05, 0.1) is 22.1 Å². The van der Waals surface area contributed by atoms with Gasteiger partial charge in [0.2, 0.25) is 21.7 Å². The van der Waals surface area contributed by atoms with Crippen molar-refractivity contribution in [2.45, 2.75) is 30.2 Å². The average molecular weight is 439 g/mol. The summed E-state index contributed by atoms with van der Waals surface area (Å²) in [6.07, 6.45) is 2.46. The van der Waals surface area contributed by atoms with Crippen LogP contribution in [0, 0.1) is 0 Å². The summed E-state index contributed by atoms with van der Waals surface area (Å²) in [7, 11) is -3.64. The highest BCUT2D eigenvalue weighted by atomic mass is 32.2. The van der Waals surface area contributed by atoms with Crippen molar-refractivity contribution in [2.75, 3.05) is 0 Å². The third-order valence-corrected chi connectivity index (χ3v) is 7.22. The van der Waals surface area contributed by atoms with Gasteiger partial charge in [-0.25, -0.2) is 18.1 Å². The minimum Gasteiger partial charge on any atom is -0.338 e. The van der Waals surface area contributed by atoms with Crippen molar-refractivity contribution in [1.82, 2.24) is 19.8 Å². The van der Waals surface area contributed by atoms with Crippen molar-refractivity contribution in [3.05, 3.63) is 70.9 Å². The molecule has 30 heavy (non-hydrogen) atoms. The lowest BCUT2D eigenvalue weighted by molar-refractivity contribution is 0.376. The lowest BCUT2D eigenvalue weighted by atomic mass is 10.1. The van der Waals surface area contributed by atoms with Crippen LogP contribution < -0.4 is 4.72 Å². The fourth-order valence-corrected chi connectivity index (χ4v) is 5.04. The predicted octanol–water partition coefficient (Wildman–Crippen LogP) is 4.22. The predicted molar refractivity (Wildman–Crippen MR) is 113 cm³/mol. The maximum absolute atomic E-state index is 12.3. The van der Waals surface area contributed by atoms with Crippen molar-refractivity contribution in [3.8, 4) is 22.6 Å². The Bertz CT molecular complexity index is 1280. The van der Waals surface area contributed by atoms with E-state index in [1.807, 2.05) is 24.3 Å². The quantitative estimate of drug-likeness (QED) is 0.464. The highest BCUT2D eigenvalue weighted by Gasteiger charge is 2.26. The summed E-state index contributed by atoms with van der Waals surface area (Å²) in [5.74, 6) is 1.23. The second-order valence-electron chi connectivity index (χ2n) is 7.08. The van der Waals surface area contributed by atoms with Crippen LogP contribution in [0.25, 0.3) is 22.6 Å². The van der Waals surface area contributed by atoms with Crippen LogP contribution in [0.1, 0.15) is 29.7 Å². The van der Waals surface area contributed by atoms with Crippen LogP contribution >= 0.6 is 11.3 Å². The molecular weight excluding hydrogens is 420 g/mol. The average Bonchev–Trinajstić information content (AvgIpc) is 3.31. The molecule has 0 radical (unpaired) electrons. The van der Waals surface area contributed by atoms with Gasteiger partial charge >= 0.3 is 0 Å². The molecule has 5 rings (SSSR count). The Kier molecular flexibility index (Phi) is 4.93. The topological polar surface area (TPSA) is 98.0 Å². The largest absolute Gasteiger partial charge is 0.338 e. The summed E-state index contributed by atoms with van der Waals surface area (Å²) in [4.78, 5) is 9.26. The highest BCUT2D eigenvalue weighted by Crippen LogP contribution is 2.42. The van der Waals surface area contributed by atoms with Crippen molar-refractivity contribution in [3.63, 3.8) is 0 Å². The van der Waals surface area contributed by atoms with Crippen LogP contribution in [0.3, 0.4) is 0 Å². The van der Waals surface area contributed by atoms with E-state index in [4.69, 9.17) is 9.51 Å². The molecule has 0 spiro atoms. The van der Waals surface area contributed by atoms with Crippen molar-refractivity contribution < 1.29 is 12.9 Å². The van der Waals surface area contributed by atoms with E-state index in [2.05, 4.69) is 20.2 Å². The number of hydrogen-bond acceptors (Lipinski definition) is 7. The molecule has 1 fully saturated rings. The summed E-state index contributed by atoms with van der Waals surface area (Å²) in [5.41, 5.74) is 2.73. The third-order valence-electron chi connectivity index (χ3n) is 4.80. The molecule has 7 nitrogen and oxygen atoms in total. The Balaban J connectivity index is 1.31. The van der Waals surface area contributed by atoms with Gasteiger partial charge in [-0.05, 0) is 31.0 Å². The second kappa shape index (κ2) is 7.75. The fraction of sp³-hybridized carbons (Fsp3) is 0.190. The van der Waals surface area contributed by atoms with E-state index in [9.17, 15) is 8.42 Å². The first-order valence-electron chi connectivity index (χ1n) is 9.52. The Labute approximate surface area is 177 Å². The monoisotopic (exact) mass is 438 g/mol. The minimum atomic E-state index is -3.64. The Morgan fingerprint density at radius 2 is 1.83 bits per heavy atom. The highest BCUT2D eigenvalue weighted by molar-refractivity contribution is 7.89. The zero-order chi connectivity index (χ0) is 20.6. The first-order chi connectivity index (χ1) is 14.6. The molecular formula is C21H18N4O3S2. The van der Waals surface area contributed by atoms with Crippen LogP contribution in [0.5, 0.6) is 0 Å². The molecule has 0 aliphatic heterocycles. The van der Waals surface area contributed by atoms with E-state index in [0.717, 1.165) is 16.8 Å². The van der Waals surface area contributed by atoms with Crippen molar-refractivity contribution in [2.24, 2.45) is 0 Å². The van der Waals surface area contributed by atoms with Crippen LogP contribution in [0.15, 0.2) is 69.4 Å². The molecule has 1 saturated carbocycles.